The first-order valence-electron chi connectivity index (χ1n) is 13.4. The molecule has 1 aliphatic heterocycles. The number of benzene rings is 2. The van der Waals surface area contributed by atoms with Crippen molar-refractivity contribution < 1.29 is 19.7 Å². The van der Waals surface area contributed by atoms with Gasteiger partial charge in [0, 0.05) is 29.6 Å². The van der Waals surface area contributed by atoms with Gasteiger partial charge < -0.3 is 19.8 Å². The van der Waals surface area contributed by atoms with Crippen LogP contribution in [-0.4, -0.2) is 42.0 Å². The van der Waals surface area contributed by atoms with Crippen molar-refractivity contribution in [3.05, 3.63) is 69.2 Å². The summed E-state index contributed by atoms with van der Waals surface area (Å²) in [5.41, 5.74) is 3.12. The molecule has 1 heterocycles. The number of hydrogen-bond acceptors (Lipinski definition) is 4. The number of rotatable bonds is 7. The second-order valence-electron chi connectivity index (χ2n) is 10.9. The molecule has 2 aliphatic carbocycles. The minimum absolute atomic E-state index is 0.0773. The lowest BCUT2D eigenvalue weighted by molar-refractivity contribution is 0.0456. The van der Waals surface area contributed by atoms with Crippen LogP contribution in [0.5, 0.6) is 5.75 Å². The Hall–Kier alpha value is -2.21. The molecule has 198 valence electrons. The molecule has 2 N–H and O–H groups in total. The van der Waals surface area contributed by atoms with Gasteiger partial charge in [0.25, 0.3) is 0 Å². The van der Waals surface area contributed by atoms with Gasteiger partial charge in [-0.15, -0.1) is 0 Å². The van der Waals surface area contributed by atoms with Crippen LogP contribution in [0.3, 0.4) is 0 Å². The van der Waals surface area contributed by atoms with E-state index in [1.165, 1.54) is 11.1 Å². The maximum atomic E-state index is 12.0. The van der Waals surface area contributed by atoms with Crippen LogP contribution in [0.15, 0.2) is 42.5 Å². The van der Waals surface area contributed by atoms with Crippen molar-refractivity contribution in [1.29, 1.82) is 0 Å². The molecule has 1 spiro atoms. The van der Waals surface area contributed by atoms with Gasteiger partial charge in [-0.25, -0.2) is 4.79 Å². The number of unbranched alkanes of at least 4 members (excludes halogenated alkanes) is 1. The van der Waals surface area contributed by atoms with Crippen LogP contribution in [-0.2, 0) is 11.8 Å². The van der Waals surface area contributed by atoms with Gasteiger partial charge in [0.15, 0.2) is 0 Å². The highest BCUT2D eigenvalue weighted by Crippen LogP contribution is 2.47. The van der Waals surface area contributed by atoms with Crippen LogP contribution >= 0.6 is 23.2 Å². The number of carboxylic acids is 1. The zero-order chi connectivity index (χ0) is 26.2. The van der Waals surface area contributed by atoms with Gasteiger partial charge in [0.1, 0.15) is 5.75 Å². The standard InChI is InChI=1S/C30H35Cl2NO4/c1-2-3-4-7-27(34)22-10-8-20(22)16-33-17-30(12-5-6-19-13-21(31)9-11-24(19)30)18-37-28-15-25(32)23(29(35)36)14-26(28)33/h4,7,9,11,13-15,20,22,27,34H,2-3,5-6,8,10,12,16-18H2,1H3,(H,35,36)/b7-4+/t20-,22+,27?,30-/m0/s1. The van der Waals surface area contributed by atoms with Crippen molar-refractivity contribution in [2.75, 3.05) is 24.6 Å². The lowest BCUT2D eigenvalue weighted by Crippen LogP contribution is -2.49. The third kappa shape index (κ3) is 5.23. The number of aliphatic hydroxyl groups excluding tert-OH is 1. The summed E-state index contributed by atoms with van der Waals surface area (Å²) < 4.78 is 6.44. The molecule has 7 heteroatoms. The van der Waals surface area contributed by atoms with Gasteiger partial charge in [-0.1, -0.05) is 54.8 Å². The third-order valence-electron chi connectivity index (χ3n) is 8.52. The summed E-state index contributed by atoms with van der Waals surface area (Å²) >= 11 is 12.7. The molecule has 4 atom stereocenters. The number of aromatic carboxylic acids is 1. The van der Waals surface area contributed by atoms with Crippen molar-refractivity contribution in [3.63, 3.8) is 0 Å². The van der Waals surface area contributed by atoms with E-state index < -0.39 is 12.1 Å². The first kappa shape index (κ1) is 26.4. The molecule has 2 aromatic carbocycles. The van der Waals surface area contributed by atoms with Crippen molar-refractivity contribution in [1.82, 2.24) is 0 Å². The number of nitrogens with zero attached hydrogens (tertiary/aromatic N) is 1. The first-order valence-corrected chi connectivity index (χ1v) is 14.1. The van der Waals surface area contributed by atoms with E-state index in [1.54, 1.807) is 12.1 Å². The second kappa shape index (κ2) is 10.9. The highest BCUT2D eigenvalue weighted by Gasteiger charge is 2.44. The van der Waals surface area contributed by atoms with Gasteiger partial charge in [0.05, 0.1) is 29.0 Å². The summed E-state index contributed by atoms with van der Waals surface area (Å²) in [7, 11) is 0. The SMILES string of the molecule is CCC/C=C/C(O)[C@@H]1CC[C@H]1CN1C[C@@]2(CCCc3cc(Cl)ccc32)COc2cc(Cl)c(C(=O)O)cc21. The average molecular weight is 545 g/mol. The summed E-state index contributed by atoms with van der Waals surface area (Å²) in [5.74, 6) is 0.0662. The van der Waals surface area contributed by atoms with Gasteiger partial charge in [-0.2, -0.15) is 0 Å². The van der Waals surface area contributed by atoms with Crippen LogP contribution in [0.2, 0.25) is 10.0 Å². The smallest absolute Gasteiger partial charge is 0.337 e. The molecule has 5 rings (SSSR count). The topological polar surface area (TPSA) is 70.0 Å². The molecule has 1 fully saturated rings. The molecule has 0 aromatic heterocycles. The fourth-order valence-corrected chi connectivity index (χ4v) is 6.83. The molecular formula is C30H35Cl2NO4. The van der Waals surface area contributed by atoms with E-state index in [0.717, 1.165) is 62.2 Å². The summed E-state index contributed by atoms with van der Waals surface area (Å²) in [6.07, 6.45) is 10.6. The van der Waals surface area contributed by atoms with E-state index in [2.05, 4.69) is 30.0 Å². The van der Waals surface area contributed by atoms with E-state index in [-0.39, 0.29) is 21.9 Å². The number of fused-ring (bicyclic) bond motifs is 3. The number of carbonyl (C=O) groups is 1. The minimum atomic E-state index is -1.05. The quantitative estimate of drug-likeness (QED) is 0.371. The number of aryl methyl sites for hydroxylation is 1. The van der Waals surface area contributed by atoms with E-state index in [9.17, 15) is 15.0 Å². The number of carboxylic acid groups (broad SMARTS) is 1. The molecule has 3 aliphatic rings. The maximum Gasteiger partial charge on any atom is 0.337 e. The molecule has 1 unspecified atom stereocenters. The van der Waals surface area contributed by atoms with Crippen molar-refractivity contribution in [2.45, 2.75) is 63.4 Å². The first-order chi connectivity index (χ1) is 17.8. The highest BCUT2D eigenvalue weighted by atomic mass is 35.5. The van der Waals surface area contributed by atoms with Gasteiger partial charge >= 0.3 is 5.97 Å². The fraction of sp³-hybridized carbons (Fsp3) is 0.500. The predicted molar refractivity (Wildman–Crippen MR) is 148 cm³/mol. The molecule has 1 saturated carbocycles. The van der Waals surface area contributed by atoms with Crippen LogP contribution in [0.25, 0.3) is 0 Å². The summed E-state index contributed by atoms with van der Waals surface area (Å²) in [6.45, 7) is 4.06. The summed E-state index contributed by atoms with van der Waals surface area (Å²) in [5, 5.41) is 21.6. The Balaban J connectivity index is 1.51. The van der Waals surface area contributed by atoms with Crippen LogP contribution < -0.4 is 9.64 Å². The summed E-state index contributed by atoms with van der Waals surface area (Å²) in [6, 6.07) is 9.48. The monoisotopic (exact) mass is 543 g/mol. The van der Waals surface area contributed by atoms with Crippen LogP contribution in [0.4, 0.5) is 5.69 Å². The molecule has 2 aromatic rings. The lowest BCUT2D eigenvalue weighted by Gasteiger charge is -2.45. The molecule has 0 radical (unpaired) electrons. The molecular weight excluding hydrogens is 509 g/mol. The number of allylic oxidation sites excluding steroid dienone is 1. The largest absolute Gasteiger partial charge is 0.490 e. The van der Waals surface area contributed by atoms with Gasteiger partial charge in [0.2, 0.25) is 0 Å². The van der Waals surface area contributed by atoms with Gasteiger partial charge in [-0.05, 0) is 79.7 Å². The molecule has 37 heavy (non-hydrogen) atoms. The number of hydrogen-bond donors (Lipinski definition) is 2. The van der Waals surface area contributed by atoms with E-state index in [4.69, 9.17) is 27.9 Å². The molecule has 0 saturated heterocycles. The van der Waals surface area contributed by atoms with Crippen molar-refractivity contribution >= 4 is 34.9 Å². The second-order valence-corrected chi connectivity index (χ2v) is 11.8. The predicted octanol–water partition coefficient (Wildman–Crippen LogP) is 6.91. The molecule has 0 bridgehead atoms. The Morgan fingerprint density at radius 1 is 1.27 bits per heavy atom. The van der Waals surface area contributed by atoms with E-state index >= 15 is 0 Å². The molecule has 0 amide bonds. The number of ether oxygens (including phenoxy) is 1. The van der Waals surface area contributed by atoms with Crippen molar-refractivity contribution in [3.8, 4) is 5.75 Å². The zero-order valence-electron chi connectivity index (χ0n) is 21.3. The normalized spacial score (nSPS) is 25.7. The summed E-state index contributed by atoms with van der Waals surface area (Å²) in [4.78, 5) is 14.2. The van der Waals surface area contributed by atoms with Crippen molar-refractivity contribution in [2.24, 2.45) is 11.8 Å². The average Bonchev–Trinajstić information content (AvgIpc) is 2.98. The lowest BCUT2D eigenvalue weighted by atomic mass is 9.68. The van der Waals surface area contributed by atoms with E-state index in [0.29, 0.717) is 24.8 Å². The maximum absolute atomic E-state index is 12.0. The Kier molecular flexibility index (Phi) is 7.76. The Bertz CT molecular complexity index is 1200. The number of anilines is 1. The van der Waals surface area contributed by atoms with E-state index in [1.807, 2.05) is 12.1 Å². The van der Waals surface area contributed by atoms with Crippen LogP contribution in [0.1, 0.15) is 66.9 Å². The zero-order valence-corrected chi connectivity index (χ0v) is 22.8. The Morgan fingerprint density at radius 2 is 2.11 bits per heavy atom. The number of halogens is 2. The van der Waals surface area contributed by atoms with Gasteiger partial charge in [-0.3, -0.25) is 0 Å². The highest BCUT2D eigenvalue weighted by molar-refractivity contribution is 6.33. The Labute approximate surface area is 229 Å². The fourth-order valence-electron chi connectivity index (χ4n) is 6.40. The molecule has 5 nitrogen and oxygen atoms in total. The third-order valence-corrected chi connectivity index (χ3v) is 9.06. The number of aliphatic hydroxyl groups is 1. The Morgan fingerprint density at radius 3 is 2.84 bits per heavy atom. The van der Waals surface area contributed by atoms with Crippen LogP contribution in [0, 0.1) is 11.8 Å². The minimum Gasteiger partial charge on any atom is -0.490 e.